The van der Waals surface area contributed by atoms with E-state index in [1.54, 1.807) is 6.07 Å². The molecular formula is C10H5BrCl3N3. The molecule has 0 aliphatic heterocycles. The van der Waals surface area contributed by atoms with E-state index in [1.165, 1.54) is 6.20 Å². The van der Waals surface area contributed by atoms with Gasteiger partial charge in [0.05, 0.1) is 20.2 Å². The summed E-state index contributed by atoms with van der Waals surface area (Å²) in [5, 5.41) is 1.16. The van der Waals surface area contributed by atoms with Crippen LogP contribution in [0.1, 0.15) is 5.69 Å². The summed E-state index contributed by atoms with van der Waals surface area (Å²) < 4.78 is 0.660. The Morgan fingerprint density at radius 3 is 2.47 bits per heavy atom. The van der Waals surface area contributed by atoms with E-state index >= 15 is 0 Å². The number of aryl methyl sites for hydroxylation is 1. The molecule has 2 rings (SSSR count). The van der Waals surface area contributed by atoms with E-state index in [0.29, 0.717) is 36.9 Å². The minimum atomic E-state index is 0.320. The van der Waals surface area contributed by atoms with Crippen LogP contribution in [0.15, 0.2) is 16.7 Å². The van der Waals surface area contributed by atoms with Crippen molar-refractivity contribution in [2.45, 2.75) is 6.92 Å². The molecule has 7 heteroatoms. The van der Waals surface area contributed by atoms with Gasteiger partial charge >= 0.3 is 0 Å². The van der Waals surface area contributed by atoms with Crippen LogP contribution in [0.2, 0.25) is 15.2 Å². The van der Waals surface area contributed by atoms with Crippen molar-refractivity contribution >= 4 is 50.7 Å². The van der Waals surface area contributed by atoms with Crippen molar-refractivity contribution < 1.29 is 0 Å². The second-order valence-electron chi connectivity index (χ2n) is 3.22. The van der Waals surface area contributed by atoms with Crippen LogP contribution < -0.4 is 0 Å². The first-order valence-corrected chi connectivity index (χ1v) is 6.43. The summed E-state index contributed by atoms with van der Waals surface area (Å²) in [7, 11) is 0. The zero-order valence-corrected chi connectivity index (χ0v) is 12.4. The fraction of sp³-hybridized carbons (Fsp3) is 0.100. The first-order valence-electron chi connectivity index (χ1n) is 4.50. The maximum atomic E-state index is 6.03. The minimum Gasteiger partial charge on any atom is -0.250 e. The van der Waals surface area contributed by atoms with Crippen LogP contribution in [0.4, 0.5) is 0 Å². The molecule has 3 nitrogen and oxygen atoms in total. The van der Waals surface area contributed by atoms with E-state index in [-0.39, 0.29) is 0 Å². The van der Waals surface area contributed by atoms with Crippen molar-refractivity contribution in [1.29, 1.82) is 0 Å². The highest BCUT2D eigenvalue weighted by atomic mass is 79.9. The molecule has 0 N–H and O–H groups in total. The van der Waals surface area contributed by atoms with E-state index in [1.807, 2.05) is 6.92 Å². The first-order chi connectivity index (χ1) is 7.99. The van der Waals surface area contributed by atoms with E-state index < -0.39 is 0 Å². The summed E-state index contributed by atoms with van der Waals surface area (Å²) in [6.45, 7) is 1.81. The van der Waals surface area contributed by atoms with E-state index in [9.17, 15) is 0 Å². The lowest BCUT2D eigenvalue weighted by atomic mass is 10.3. The molecule has 88 valence electrons. The molecule has 0 radical (unpaired) electrons. The Morgan fingerprint density at radius 1 is 1.18 bits per heavy atom. The molecule has 2 heterocycles. The highest BCUT2D eigenvalue weighted by molar-refractivity contribution is 9.10. The molecule has 2 aromatic heterocycles. The third-order valence-corrected chi connectivity index (χ3v) is 3.94. The fourth-order valence-corrected chi connectivity index (χ4v) is 2.07. The predicted molar refractivity (Wildman–Crippen MR) is 72.7 cm³/mol. The molecule has 0 unspecified atom stereocenters. The van der Waals surface area contributed by atoms with Gasteiger partial charge in [-0.25, -0.2) is 15.0 Å². The van der Waals surface area contributed by atoms with Crippen LogP contribution in [0.25, 0.3) is 11.5 Å². The van der Waals surface area contributed by atoms with Gasteiger partial charge in [-0.15, -0.1) is 0 Å². The minimum absolute atomic E-state index is 0.320. The van der Waals surface area contributed by atoms with Crippen LogP contribution in [0.5, 0.6) is 0 Å². The zero-order chi connectivity index (χ0) is 12.6. The predicted octanol–water partition coefficient (Wildman–Crippen LogP) is 4.57. The van der Waals surface area contributed by atoms with Gasteiger partial charge in [0.2, 0.25) is 0 Å². The smallest absolute Gasteiger partial charge is 0.181 e. The lowest BCUT2D eigenvalue weighted by Gasteiger charge is -2.05. The van der Waals surface area contributed by atoms with Crippen LogP contribution in [-0.2, 0) is 0 Å². The van der Waals surface area contributed by atoms with E-state index in [2.05, 4.69) is 30.9 Å². The van der Waals surface area contributed by atoms with Crippen molar-refractivity contribution in [3.8, 4) is 11.5 Å². The molecule has 17 heavy (non-hydrogen) atoms. The van der Waals surface area contributed by atoms with Crippen molar-refractivity contribution in [3.05, 3.63) is 37.6 Å². The van der Waals surface area contributed by atoms with Crippen LogP contribution in [0.3, 0.4) is 0 Å². The topological polar surface area (TPSA) is 38.7 Å². The Labute approximate surface area is 121 Å². The average Bonchev–Trinajstić information content (AvgIpc) is 2.25. The molecule has 0 fully saturated rings. The van der Waals surface area contributed by atoms with Crippen LogP contribution >= 0.6 is 50.7 Å². The van der Waals surface area contributed by atoms with Crippen LogP contribution in [0, 0.1) is 6.92 Å². The SMILES string of the molecule is Cc1nc(-c2ncc(Cl)cc2Cl)nc(Cl)c1Br. The molecule has 0 aliphatic carbocycles. The molecule has 0 saturated heterocycles. The highest BCUT2D eigenvalue weighted by Crippen LogP contribution is 2.29. The number of aromatic nitrogens is 3. The fourth-order valence-electron chi connectivity index (χ4n) is 1.21. The van der Waals surface area contributed by atoms with E-state index in [0.717, 1.165) is 0 Å². The van der Waals surface area contributed by atoms with Gasteiger partial charge < -0.3 is 0 Å². The first kappa shape index (κ1) is 13.0. The van der Waals surface area contributed by atoms with Gasteiger partial charge in [-0.1, -0.05) is 34.8 Å². The highest BCUT2D eigenvalue weighted by Gasteiger charge is 2.13. The number of nitrogens with zero attached hydrogens (tertiary/aromatic N) is 3. The Balaban J connectivity index is 2.61. The van der Waals surface area contributed by atoms with Gasteiger partial charge in [0, 0.05) is 6.20 Å². The van der Waals surface area contributed by atoms with Gasteiger partial charge in [-0.3, -0.25) is 0 Å². The van der Waals surface area contributed by atoms with Crippen LogP contribution in [-0.4, -0.2) is 15.0 Å². The maximum Gasteiger partial charge on any atom is 0.181 e. The quantitative estimate of drug-likeness (QED) is 0.705. The Hall–Kier alpha value is -0.420. The van der Waals surface area contributed by atoms with Crippen molar-refractivity contribution in [3.63, 3.8) is 0 Å². The zero-order valence-electron chi connectivity index (χ0n) is 8.51. The maximum absolute atomic E-state index is 6.03. The lowest BCUT2D eigenvalue weighted by Crippen LogP contribution is -1.96. The number of hydrogen-bond acceptors (Lipinski definition) is 3. The second-order valence-corrected chi connectivity index (χ2v) is 5.22. The summed E-state index contributed by atoms with van der Waals surface area (Å²) in [5.41, 5.74) is 1.17. The number of halogens is 4. The molecule has 0 amide bonds. The molecular weight excluding hydrogens is 348 g/mol. The normalized spacial score (nSPS) is 10.6. The Morgan fingerprint density at radius 2 is 1.88 bits per heavy atom. The molecule has 0 saturated carbocycles. The Bertz CT molecular complexity index is 566. The standard InChI is InChI=1S/C10H5BrCl3N3/c1-4-7(11)9(14)17-10(16-4)8-6(13)2-5(12)3-15-8/h2-3H,1H3. The molecule has 0 aliphatic rings. The van der Waals surface area contributed by atoms with E-state index in [4.69, 9.17) is 34.8 Å². The number of pyridine rings is 1. The summed E-state index contributed by atoms with van der Waals surface area (Å²) in [4.78, 5) is 12.5. The van der Waals surface area contributed by atoms with Crippen molar-refractivity contribution in [1.82, 2.24) is 15.0 Å². The third kappa shape index (κ3) is 2.71. The third-order valence-electron chi connectivity index (χ3n) is 2.00. The van der Waals surface area contributed by atoms with Gasteiger partial charge in [-0.2, -0.15) is 0 Å². The Kier molecular flexibility index (Phi) is 3.88. The largest absolute Gasteiger partial charge is 0.250 e. The summed E-state index contributed by atoms with van der Waals surface area (Å²) in [5.74, 6) is 0.373. The molecule has 0 bridgehead atoms. The summed E-state index contributed by atoms with van der Waals surface area (Å²) in [6.07, 6.45) is 1.48. The average molecular weight is 353 g/mol. The monoisotopic (exact) mass is 351 g/mol. The number of rotatable bonds is 1. The summed E-state index contributed by atoms with van der Waals surface area (Å²) in [6, 6.07) is 1.58. The van der Waals surface area contributed by atoms with Crippen molar-refractivity contribution in [2.75, 3.05) is 0 Å². The number of hydrogen-bond donors (Lipinski definition) is 0. The molecule has 0 aromatic carbocycles. The molecule has 0 spiro atoms. The molecule has 2 aromatic rings. The lowest BCUT2D eigenvalue weighted by molar-refractivity contribution is 1.07. The van der Waals surface area contributed by atoms with Gasteiger partial charge in [0.15, 0.2) is 5.82 Å². The molecule has 0 atom stereocenters. The van der Waals surface area contributed by atoms with Gasteiger partial charge in [0.25, 0.3) is 0 Å². The second kappa shape index (κ2) is 5.06. The van der Waals surface area contributed by atoms with Gasteiger partial charge in [0.1, 0.15) is 10.8 Å². The van der Waals surface area contributed by atoms with Crippen molar-refractivity contribution in [2.24, 2.45) is 0 Å². The summed E-state index contributed by atoms with van der Waals surface area (Å²) >= 11 is 21.0. The van der Waals surface area contributed by atoms with Gasteiger partial charge in [-0.05, 0) is 28.9 Å².